The van der Waals surface area contributed by atoms with Crippen LogP contribution in [0.25, 0.3) is 0 Å². The molecule has 1 N–H and O–H groups in total. The van der Waals surface area contributed by atoms with Gasteiger partial charge in [0.15, 0.2) is 0 Å². The Morgan fingerprint density at radius 1 is 1.10 bits per heavy atom. The van der Waals surface area contributed by atoms with Crippen LogP contribution in [-0.2, 0) is 0 Å². The SMILES string of the molecule is Cc1cccc(C(C)Nc2cc(C)c([N+](=O)[O-])cc2C)c1. The lowest BCUT2D eigenvalue weighted by molar-refractivity contribution is -0.385. The van der Waals surface area contributed by atoms with Crippen molar-refractivity contribution in [3.8, 4) is 0 Å². The molecule has 0 radical (unpaired) electrons. The Morgan fingerprint density at radius 3 is 2.43 bits per heavy atom. The van der Waals surface area contributed by atoms with Crippen LogP contribution in [0.5, 0.6) is 0 Å². The monoisotopic (exact) mass is 284 g/mol. The molecule has 2 rings (SSSR count). The number of hydrogen-bond acceptors (Lipinski definition) is 3. The highest BCUT2D eigenvalue weighted by atomic mass is 16.6. The first-order valence-corrected chi connectivity index (χ1v) is 6.97. The predicted octanol–water partition coefficient (Wildman–Crippen LogP) is 4.69. The summed E-state index contributed by atoms with van der Waals surface area (Å²) in [7, 11) is 0. The molecule has 0 aromatic heterocycles. The van der Waals surface area contributed by atoms with Crippen molar-refractivity contribution in [1.29, 1.82) is 0 Å². The fraction of sp³-hybridized carbons (Fsp3) is 0.294. The second-order valence-electron chi connectivity index (χ2n) is 5.49. The summed E-state index contributed by atoms with van der Waals surface area (Å²) in [6.45, 7) is 7.81. The first-order valence-electron chi connectivity index (χ1n) is 6.97. The summed E-state index contributed by atoms with van der Waals surface area (Å²) in [5.41, 5.74) is 5.08. The van der Waals surface area contributed by atoms with Crippen LogP contribution in [0.3, 0.4) is 0 Å². The highest BCUT2D eigenvalue weighted by Gasteiger charge is 2.14. The molecular weight excluding hydrogens is 264 g/mol. The molecule has 0 fully saturated rings. The summed E-state index contributed by atoms with van der Waals surface area (Å²) in [5.74, 6) is 0. The molecule has 21 heavy (non-hydrogen) atoms. The van der Waals surface area contributed by atoms with E-state index in [0.29, 0.717) is 5.56 Å². The van der Waals surface area contributed by atoms with Gasteiger partial charge in [0, 0.05) is 23.4 Å². The molecular formula is C17H20N2O2. The van der Waals surface area contributed by atoms with Gasteiger partial charge in [0.25, 0.3) is 5.69 Å². The maximum Gasteiger partial charge on any atom is 0.272 e. The van der Waals surface area contributed by atoms with Gasteiger partial charge in [-0.05, 0) is 44.9 Å². The molecule has 2 aromatic rings. The molecule has 0 aliphatic heterocycles. The number of rotatable bonds is 4. The third-order valence-corrected chi connectivity index (χ3v) is 3.65. The third-order valence-electron chi connectivity index (χ3n) is 3.65. The maximum atomic E-state index is 11.0. The summed E-state index contributed by atoms with van der Waals surface area (Å²) in [6.07, 6.45) is 0. The average Bonchev–Trinajstić information content (AvgIpc) is 2.42. The minimum Gasteiger partial charge on any atom is -0.378 e. The largest absolute Gasteiger partial charge is 0.378 e. The van der Waals surface area contributed by atoms with Crippen LogP contribution in [0.15, 0.2) is 36.4 Å². The van der Waals surface area contributed by atoms with Gasteiger partial charge in [-0.1, -0.05) is 29.8 Å². The zero-order valence-electron chi connectivity index (χ0n) is 12.8. The molecule has 4 heteroatoms. The quantitative estimate of drug-likeness (QED) is 0.654. The standard InChI is InChI=1S/C17H20N2O2/c1-11-6-5-7-15(8-11)14(4)18-16-9-13(3)17(19(20)21)10-12(16)2/h5-10,14,18H,1-4H3. The van der Waals surface area contributed by atoms with Gasteiger partial charge in [0.05, 0.1) is 4.92 Å². The van der Waals surface area contributed by atoms with Crippen LogP contribution in [-0.4, -0.2) is 4.92 Å². The van der Waals surface area contributed by atoms with Crippen LogP contribution in [0, 0.1) is 30.9 Å². The minimum atomic E-state index is -0.337. The van der Waals surface area contributed by atoms with Gasteiger partial charge in [-0.2, -0.15) is 0 Å². The normalized spacial score (nSPS) is 12.0. The Kier molecular flexibility index (Phi) is 4.26. The zero-order chi connectivity index (χ0) is 15.6. The molecule has 0 aliphatic carbocycles. The van der Waals surface area contributed by atoms with E-state index in [4.69, 9.17) is 0 Å². The summed E-state index contributed by atoms with van der Waals surface area (Å²) in [4.78, 5) is 10.6. The Bertz CT molecular complexity index is 680. The van der Waals surface area contributed by atoms with Crippen molar-refractivity contribution in [3.05, 3.63) is 68.8 Å². The Labute approximate surface area is 125 Å². The van der Waals surface area contributed by atoms with E-state index in [0.717, 1.165) is 11.3 Å². The smallest absolute Gasteiger partial charge is 0.272 e. The number of anilines is 1. The van der Waals surface area contributed by atoms with E-state index in [1.54, 1.807) is 13.0 Å². The van der Waals surface area contributed by atoms with Crippen molar-refractivity contribution in [3.63, 3.8) is 0 Å². The van der Waals surface area contributed by atoms with Gasteiger partial charge in [0.2, 0.25) is 0 Å². The number of nitro groups is 1. The molecule has 0 spiro atoms. The molecule has 0 heterocycles. The van der Waals surface area contributed by atoms with Crippen molar-refractivity contribution >= 4 is 11.4 Å². The number of aryl methyl sites for hydroxylation is 3. The predicted molar refractivity (Wildman–Crippen MR) is 85.8 cm³/mol. The van der Waals surface area contributed by atoms with Crippen LogP contribution in [0.4, 0.5) is 11.4 Å². The molecule has 0 bridgehead atoms. The highest BCUT2D eigenvalue weighted by molar-refractivity contribution is 5.60. The lowest BCUT2D eigenvalue weighted by Gasteiger charge is -2.18. The van der Waals surface area contributed by atoms with Crippen molar-refractivity contribution in [2.24, 2.45) is 0 Å². The van der Waals surface area contributed by atoms with E-state index in [9.17, 15) is 10.1 Å². The van der Waals surface area contributed by atoms with Gasteiger partial charge >= 0.3 is 0 Å². The van der Waals surface area contributed by atoms with E-state index in [1.807, 2.05) is 19.1 Å². The van der Waals surface area contributed by atoms with Crippen molar-refractivity contribution in [2.45, 2.75) is 33.7 Å². The molecule has 1 unspecified atom stereocenters. The molecule has 0 aliphatic rings. The van der Waals surface area contributed by atoms with Crippen LogP contribution in [0.1, 0.15) is 35.2 Å². The lowest BCUT2D eigenvalue weighted by Crippen LogP contribution is -2.08. The Morgan fingerprint density at radius 2 is 1.81 bits per heavy atom. The summed E-state index contributed by atoms with van der Waals surface area (Å²) in [5, 5.41) is 14.4. The van der Waals surface area contributed by atoms with E-state index in [-0.39, 0.29) is 16.7 Å². The van der Waals surface area contributed by atoms with E-state index < -0.39 is 0 Å². The third kappa shape index (κ3) is 3.40. The average molecular weight is 284 g/mol. The number of nitrogens with zero attached hydrogens (tertiary/aromatic N) is 1. The first kappa shape index (κ1) is 15.0. The zero-order valence-corrected chi connectivity index (χ0v) is 12.8. The lowest BCUT2D eigenvalue weighted by atomic mass is 10.0. The minimum absolute atomic E-state index is 0.143. The second-order valence-corrected chi connectivity index (χ2v) is 5.49. The van der Waals surface area contributed by atoms with Crippen LogP contribution < -0.4 is 5.32 Å². The van der Waals surface area contributed by atoms with Gasteiger partial charge in [-0.3, -0.25) is 10.1 Å². The topological polar surface area (TPSA) is 55.2 Å². The molecule has 110 valence electrons. The Balaban J connectivity index is 2.27. The Hall–Kier alpha value is -2.36. The highest BCUT2D eigenvalue weighted by Crippen LogP contribution is 2.28. The summed E-state index contributed by atoms with van der Waals surface area (Å²) >= 11 is 0. The van der Waals surface area contributed by atoms with Gasteiger partial charge in [-0.15, -0.1) is 0 Å². The summed E-state index contributed by atoms with van der Waals surface area (Å²) in [6, 6.07) is 11.9. The van der Waals surface area contributed by atoms with Crippen molar-refractivity contribution in [2.75, 3.05) is 5.32 Å². The molecule has 0 saturated carbocycles. The van der Waals surface area contributed by atoms with E-state index in [2.05, 4.69) is 37.4 Å². The van der Waals surface area contributed by atoms with Crippen LogP contribution >= 0.6 is 0 Å². The number of benzene rings is 2. The van der Waals surface area contributed by atoms with Crippen molar-refractivity contribution < 1.29 is 4.92 Å². The first-order chi connectivity index (χ1) is 9.88. The number of hydrogen-bond donors (Lipinski definition) is 1. The van der Waals surface area contributed by atoms with Crippen molar-refractivity contribution in [1.82, 2.24) is 0 Å². The maximum absolute atomic E-state index is 11.0. The van der Waals surface area contributed by atoms with E-state index in [1.165, 1.54) is 11.1 Å². The number of nitrogens with one attached hydrogen (secondary N) is 1. The fourth-order valence-corrected chi connectivity index (χ4v) is 2.41. The molecule has 1 atom stereocenters. The summed E-state index contributed by atoms with van der Waals surface area (Å²) < 4.78 is 0. The molecule has 4 nitrogen and oxygen atoms in total. The molecule has 0 saturated heterocycles. The van der Waals surface area contributed by atoms with Gasteiger partial charge in [0.1, 0.15) is 0 Å². The molecule has 0 amide bonds. The molecule has 2 aromatic carbocycles. The van der Waals surface area contributed by atoms with Crippen LogP contribution in [0.2, 0.25) is 0 Å². The van der Waals surface area contributed by atoms with E-state index >= 15 is 0 Å². The van der Waals surface area contributed by atoms with Gasteiger partial charge in [-0.25, -0.2) is 0 Å². The van der Waals surface area contributed by atoms with Gasteiger partial charge < -0.3 is 5.32 Å². The number of nitro benzene ring substituents is 1. The second kappa shape index (κ2) is 5.95. The fourth-order valence-electron chi connectivity index (χ4n) is 2.41.